The van der Waals surface area contributed by atoms with Gasteiger partial charge in [0.15, 0.2) is 0 Å². The van der Waals surface area contributed by atoms with Crippen LogP contribution in [0.3, 0.4) is 0 Å². The summed E-state index contributed by atoms with van der Waals surface area (Å²) in [5.41, 5.74) is 0. The maximum atomic E-state index is 4.23. The lowest BCUT2D eigenvalue weighted by atomic mass is 10.1. The van der Waals surface area contributed by atoms with Crippen LogP contribution in [0.2, 0.25) is 0 Å². The van der Waals surface area contributed by atoms with Crippen LogP contribution in [0, 0.1) is 5.92 Å². The fourth-order valence-electron chi connectivity index (χ4n) is 1.93. The third kappa shape index (κ3) is 4.72. The largest absolute Gasteiger partial charge is 0.370 e. The van der Waals surface area contributed by atoms with Crippen molar-refractivity contribution in [2.45, 2.75) is 25.7 Å². The van der Waals surface area contributed by atoms with E-state index in [1.807, 2.05) is 24.4 Å². The Morgan fingerprint density at radius 2 is 1.93 bits per heavy atom. The summed E-state index contributed by atoms with van der Waals surface area (Å²) in [5.74, 6) is 1.89. The van der Waals surface area contributed by atoms with Crippen molar-refractivity contribution in [1.29, 1.82) is 0 Å². The van der Waals surface area contributed by atoms with Gasteiger partial charge in [0, 0.05) is 12.7 Å². The van der Waals surface area contributed by atoms with Crippen molar-refractivity contribution in [3.63, 3.8) is 0 Å². The van der Waals surface area contributed by atoms with Gasteiger partial charge in [-0.3, -0.25) is 0 Å². The minimum atomic E-state index is 0. The predicted molar refractivity (Wildman–Crippen MR) is 69.2 cm³/mol. The Hall–Kier alpha value is -0.470. The Bertz CT molecular complexity index is 248. The summed E-state index contributed by atoms with van der Waals surface area (Å²) < 4.78 is 0. The number of anilines is 1. The normalized spacial score (nSPS) is 15.2. The fraction of sp³-hybridized carbons (Fsp3) is 0.545. The maximum absolute atomic E-state index is 4.23. The molecule has 0 aromatic carbocycles. The van der Waals surface area contributed by atoms with Gasteiger partial charge in [-0.2, -0.15) is 0 Å². The first kappa shape index (κ1) is 14.5. The fourth-order valence-corrected chi connectivity index (χ4v) is 1.93. The minimum absolute atomic E-state index is 0. The molecule has 0 amide bonds. The van der Waals surface area contributed by atoms with Crippen LogP contribution < -0.4 is 5.32 Å². The molecule has 15 heavy (non-hydrogen) atoms. The molecule has 2 rings (SSSR count). The number of halogens is 2. The molecule has 4 heteroatoms. The Kier molecular flexibility index (Phi) is 7.53. The number of aromatic nitrogens is 1. The van der Waals surface area contributed by atoms with Gasteiger partial charge in [0.1, 0.15) is 5.82 Å². The third-order valence-corrected chi connectivity index (χ3v) is 2.71. The second kappa shape index (κ2) is 7.77. The van der Waals surface area contributed by atoms with Crippen LogP contribution in [-0.2, 0) is 0 Å². The van der Waals surface area contributed by atoms with Crippen LogP contribution in [-0.4, -0.2) is 11.5 Å². The van der Waals surface area contributed by atoms with Gasteiger partial charge in [-0.1, -0.05) is 18.9 Å². The Labute approximate surface area is 104 Å². The van der Waals surface area contributed by atoms with Crippen LogP contribution >= 0.6 is 24.8 Å². The van der Waals surface area contributed by atoms with E-state index in [9.17, 15) is 0 Å². The molecule has 0 unspecified atom stereocenters. The molecule has 0 aliphatic heterocycles. The van der Waals surface area contributed by atoms with Crippen LogP contribution in [0.4, 0.5) is 5.82 Å². The molecule has 1 heterocycles. The first-order valence-electron chi connectivity index (χ1n) is 5.10. The van der Waals surface area contributed by atoms with E-state index in [0.29, 0.717) is 0 Å². The molecule has 1 aromatic rings. The number of nitrogens with one attached hydrogen (secondary N) is 1. The standard InChI is InChI=1S/C11H16N2.2ClH/c1-2-6-10(5-1)9-13-11-7-3-4-8-12-11;;/h3-4,7-8,10H,1-2,5-6,9H2,(H,12,13);2*1H. The Morgan fingerprint density at radius 1 is 1.20 bits per heavy atom. The molecule has 0 spiro atoms. The van der Waals surface area contributed by atoms with Crippen LogP contribution in [0.1, 0.15) is 25.7 Å². The number of rotatable bonds is 3. The van der Waals surface area contributed by atoms with Crippen LogP contribution in [0.15, 0.2) is 24.4 Å². The lowest BCUT2D eigenvalue weighted by molar-refractivity contribution is 0.579. The highest BCUT2D eigenvalue weighted by atomic mass is 35.5. The average Bonchev–Trinajstić information content (AvgIpc) is 2.69. The molecule has 1 saturated carbocycles. The highest BCUT2D eigenvalue weighted by Gasteiger charge is 2.14. The van der Waals surface area contributed by atoms with Gasteiger partial charge in [0.2, 0.25) is 0 Å². The molecule has 2 nitrogen and oxygen atoms in total. The topological polar surface area (TPSA) is 24.9 Å². The molecule has 1 N–H and O–H groups in total. The van der Waals surface area contributed by atoms with Crippen molar-refractivity contribution < 1.29 is 0 Å². The van der Waals surface area contributed by atoms with E-state index in [2.05, 4.69) is 10.3 Å². The molecular formula is C11H18Cl2N2. The highest BCUT2D eigenvalue weighted by Crippen LogP contribution is 2.24. The summed E-state index contributed by atoms with van der Waals surface area (Å²) in [6, 6.07) is 5.99. The van der Waals surface area contributed by atoms with E-state index in [1.54, 1.807) is 0 Å². The van der Waals surface area contributed by atoms with E-state index in [4.69, 9.17) is 0 Å². The highest BCUT2D eigenvalue weighted by molar-refractivity contribution is 5.85. The summed E-state index contributed by atoms with van der Waals surface area (Å²) >= 11 is 0. The van der Waals surface area contributed by atoms with Gasteiger partial charge >= 0.3 is 0 Å². The summed E-state index contributed by atoms with van der Waals surface area (Å²) in [4.78, 5) is 4.23. The molecule has 0 saturated heterocycles. The van der Waals surface area contributed by atoms with Gasteiger partial charge in [-0.15, -0.1) is 24.8 Å². The summed E-state index contributed by atoms with van der Waals surface area (Å²) in [7, 11) is 0. The van der Waals surface area contributed by atoms with Crippen molar-refractivity contribution in [3.8, 4) is 0 Å². The van der Waals surface area contributed by atoms with Gasteiger partial charge in [-0.05, 0) is 30.9 Å². The summed E-state index contributed by atoms with van der Waals surface area (Å²) in [6.45, 7) is 1.09. The zero-order valence-corrected chi connectivity index (χ0v) is 10.3. The van der Waals surface area contributed by atoms with Gasteiger partial charge in [-0.25, -0.2) is 4.98 Å². The van der Waals surface area contributed by atoms with E-state index < -0.39 is 0 Å². The first-order valence-corrected chi connectivity index (χ1v) is 5.10. The summed E-state index contributed by atoms with van der Waals surface area (Å²) in [6.07, 6.45) is 7.43. The first-order chi connectivity index (χ1) is 6.45. The Morgan fingerprint density at radius 3 is 2.53 bits per heavy atom. The second-order valence-corrected chi connectivity index (χ2v) is 3.75. The molecule has 1 fully saturated rings. The molecule has 0 radical (unpaired) electrons. The number of hydrogen-bond acceptors (Lipinski definition) is 2. The number of nitrogens with zero attached hydrogens (tertiary/aromatic N) is 1. The van der Waals surface area contributed by atoms with Gasteiger partial charge in [0.25, 0.3) is 0 Å². The zero-order valence-electron chi connectivity index (χ0n) is 8.69. The second-order valence-electron chi connectivity index (χ2n) is 3.75. The molecule has 0 bridgehead atoms. The van der Waals surface area contributed by atoms with Crippen molar-refractivity contribution in [1.82, 2.24) is 4.98 Å². The maximum Gasteiger partial charge on any atom is 0.125 e. The SMILES string of the molecule is Cl.Cl.c1ccc(NCC2CCCC2)nc1. The minimum Gasteiger partial charge on any atom is -0.370 e. The lowest BCUT2D eigenvalue weighted by Crippen LogP contribution is -2.11. The van der Waals surface area contributed by atoms with Gasteiger partial charge < -0.3 is 5.32 Å². The molecular weight excluding hydrogens is 231 g/mol. The number of hydrogen-bond donors (Lipinski definition) is 1. The summed E-state index contributed by atoms with van der Waals surface area (Å²) in [5, 5.41) is 3.38. The average molecular weight is 249 g/mol. The number of pyridine rings is 1. The molecule has 1 aliphatic rings. The zero-order chi connectivity index (χ0) is 8.93. The van der Waals surface area contributed by atoms with Crippen molar-refractivity contribution >= 4 is 30.6 Å². The molecule has 0 atom stereocenters. The monoisotopic (exact) mass is 248 g/mol. The van der Waals surface area contributed by atoms with E-state index in [1.165, 1.54) is 25.7 Å². The predicted octanol–water partition coefficient (Wildman–Crippen LogP) is 3.53. The van der Waals surface area contributed by atoms with E-state index in [0.717, 1.165) is 18.3 Å². The lowest BCUT2D eigenvalue weighted by Gasteiger charge is -2.10. The van der Waals surface area contributed by atoms with E-state index >= 15 is 0 Å². The van der Waals surface area contributed by atoms with Crippen molar-refractivity contribution in [2.24, 2.45) is 5.92 Å². The Balaban J connectivity index is 0.000000980. The molecule has 1 aromatic heterocycles. The van der Waals surface area contributed by atoms with Crippen molar-refractivity contribution in [3.05, 3.63) is 24.4 Å². The van der Waals surface area contributed by atoms with Crippen molar-refractivity contribution in [2.75, 3.05) is 11.9 Å². The van der Waals surface area contributed by atoms with Gasteiger partial charge in [0.05, 0.1) is 0 Å². The quantitative estimate of drug-likeness (QED) is 0.886. The van der Waals surface area contributed by atoms with E-state index in [-0.39, 0.29) is 24.8 Å². The third-order valence-electron chi connectivity index (χ3n) is 2.71. The smallest absolute Gasteiger partial charge is 0.125 e. The van der Waals surface area contributed by atoms with Crippen LogP contribution in [0.5, 0.6) is 0 Å². The molecule has 1 aliphatic carbocycles. The molecule has 86 valence electrons. The van der Waals surface area contributed by atoms with Crippen LogP contribution in [0.25, 0.3) is 0 Å².